The topological polar surface area (TPSA) is 88.6 Å². The normalized spacial score (nSPS) is 15.1. The Hall–Kier alpha value is -3.23. The first-order chi connectivity index (χ1) is 16.3. The monoisotopic (exact) mass is 479 g/mol. The van der Waals surface area contributed by atoms with E-state index in [9.17, 15) is 13.2 Å². The fourth-order valence-electron chi connectivity index (χ4n) is 3.98. The molecule has 8 heteroatoms. The Labute approximate surface area is 200 Å². The van der Waals surface area contributed by atoms with Gasteiger partial charge in [0.05, 0.1) is 22.2 Å². The highest BCUT2D eigenvalue weighted by Crippen LogP contribution is 2.31. The fourth-order valence-corrected chi connectivity index (χ4v) is 5.52. The van der Waals surface area contributed by atoms with Crippen LogP contribution in [0.4, 0.5) is 5.69 Å². The zero-order valence-corrected chi connectivity index (χ0v) is 20.2. The van der Waals surface area contributed by atoms with Gasteiger partial charge in [-0.25, -0.2) is 8.42 Å². The van der Waals surface area contributed by atoms with Crippen molar-refractivity contribution in [3.63, 3.8) is 0 Å². The number of amides is 1. The maximum absolute atomic E-state index is 13.1. The summed E-state index contributed by atoms with van der Waals surface area (Å²) in [6, 6.07) is 14.2. The van der Waals surface area contributed by atoms with Crippen LogP contribution in [0.15, 0.2) is 65.7 Å². The number of hydrogen-bond donors (Lipinski definition) is 1. The van der Waals surface area contributed by atoms with Crippen LogP contribution in [0.25, 0.3) is 17.0 Å². The van der Waals surface area contributed by atoms with Crippen molar-refractivity contribution in [1.82, 2.24) is 9.29 Å². The van der Waals surface area contributed by atoms with E-state index in [4.69, 9.17) is 4.74 Å². The van der Waals surface area contributed by atoms with E-state index in [0.29, 0.717) is 24.5 Å². The molecule has 0 atom stereocenters. The van der Waals surface area contributed by atoms with Crippen LogP contribution in [0.3, 0.4) is 0 Å². The van der Waals surface area contributed by atoms with Crippen molar-refractivity contribution < 1.29 is 17.9 Å². The summed E-state index contributed by atoms with van der Waals surface area (Å²) < 4.78 is 33.6. The Bertz CT molecular complexity index is 1310. The minimum atomic E-state index is -3.64. The van der Waals surface area contributed by atoms with Gasteiger partial charge in [-0.05, 0) is 57.0 Å². The van der Waals surface area contributed by atoms with Crippen LogP contribution in [0.5, 0.6) is 5.75 Å². The molecule has 1 fully saturated rings. The summed E-state index contributed by atoms with van der Waals surface area (Å²) >= 11 is 0. The smallest absolute Gasteiger partial charge is 0.248 e. The number of ether oxygens (including phenoxy) is 1. The first kappa shape index (κ1) is 23.9. The first-order valence-electron chi connectivity index (χ1n) is 11.5. The highest BCUT2D eigenvalue weighted by molar-refractivity contribution is 7.89. The lowest BCUT2D eigenvalue weighted by Crippen LogP contribution is -2.35. The lowest BCUT2D eigenvalue weighted by molar-refractivity contribution is -0.111. The van der Waals surface area contributed by atoms with Crippen molar-refractivity contribution >= 4 is 38.6 Å². The highest BCUT2D eigenvalue weighted by Gasteiger charge is 2.27. The summed E-state index contributed by atoms with van der Waals surface area (Å²) in [6.45, 7) is 4.76. The molecule has 1 N–H and O–H groups in total. The van der Waals surface area contributed by atoms with Crippen LogP contribution in [-0.2, 0) is 14.8 Å². The van der Waals surface area contributed by atoms with E-state index in [1.807, 2.05) is 44.2 Å². The van der Waals surface area contributed by atoms with E-state index in [1.54, 1.807) is 18.3 Å². The second-order valence-electron chi connectivity index (χ2n) is 8.53. The van der Waals surface area contributed by atoms with E-state index < -0.39 is 15.9 Å². The molecule has 1 saturated heterocycles. The van der Waals surface area contributed by atoms with E-state index >= 15 is 0 Å². The number of para-hydroxylation sites is 1. The number of nitrogens with zero attached hydrogens (tertiary/aromatic N) is 2. The van der Waals surface area contributed by atoms with Crippen LogP contribution in [0.1, 0.15) is 38.7 Å². The summed E-state index contributed by atoms with van der Waals surface area (Å²) in [5.74, 6) is 0.0234. The molecule has 178 valence electrons. The Morgan fingerprint density at radius 3 is 2.62 bits per heavy atom. The quantitative estimate of drug-likeness (QED) is 0.490. The molecular weight excluding hydrogens is 450 g/mol. The molecule has 0 saturated carbocycles. The Kier molecular flexibility index (Phi) is 7.29. The molecule has 7 nitrogen and oxygen atoms in total. The molecule has 1 amide bonds. The molecule has 0 radical (unpaired) electrons. The fraction of sp³-hybridized carbons (Fsp3) is 0.308. The van der Waals surface area contributed by atoms with E-state index in [0.717, 1.165) is 35.7 Å². The number of fused-ring (bicyclic) bond motifs is 1. The van der Waals surface area contributed by atoms with Gasteiger partial charge in [-0.3, -0.25) is 9.78 Å². The zero-order chi connectivity index (χ0) is 24.1. The van der Waals surface area contributed by atoms with Gasteiger partial charge in [0.15, 0.2) is 0 Å². The van der Waals surface area contributed by atoms with Gasteiger partial charge in [-0.15, -0.1) is 0 Å². The predicted octanol–water partition coefficient (Wildman–Crippen LogP) is 4.85. The highest BCUT2D eigenvalue weighted by atomic mass is 32.2. The van der Waals surface area contributed by atoms with Crippen LogP contribution in [0, 0.1) is 0 Å². The van der Waals surface area contributed by atoms with Gasteiger partial charge in [0, 0.05) is 36.3 Å². The predicted molar refractivity (Wildman–Crippen MR) is 134 cm³/mol. The third kappa shape index (κ3) is 5.46. The number of nitrogens with one attached hydrogen (secondary N) is 1. The van der Waals surface area contributed by atoms with E-state index in [-0.39, 0.29) is 11.0 Å². The number of rotatable bonds is 7. The molecule has 34 heavy (non-hydrogen) atoms. The third-order valence-corrected chi connectivity index (χ3v) is 7.50. The van der Waals surface area contributed by atoms with Gasteiger partial charge in [-0.1, -0.05) is 30.7 Å². The molecule has 0 unspecified atom stereocenters. The van der Waals surface area contributed by atoms with Gasteiger partial charge in [0.2, 0.25) is 15.9 Å². The number of benzene rings is 2. The maximum atomic E-state index is 13.1. The minimum Gasteiger partial charge on any atom is -0.489 e. The number of sulfonamides is 1. The van der Waals surface area contributed by atoms with Crippen molar-refractivity contribution in [3.8, 4) is 5.75 Å². The summed E-state index contributed by atoms with van der Waals surface area (Å²) in [6.07, 6.45) is 7.42. The average Bonchev–Trinajstić information content (AvgIpc) is 2.84. The summed E-state index contributed by atoms with van der Waals surface area (Å²) in [5.41, 5.74) is 1.93. The van der Waals surface area contributed by atoms with Crippen LogP contribution >= 0.6 is 0 Å². The van der Waals surface area contributed by atoms with Crippen molar-refractivity contribution in [2.24, 2.45) is 0 Å². The van der Waals surface area contributed by atoms with Gasteiger partial charge in [0.1, 0.15) is 5.75 Å². The first-order valence-corrected chi connectivity index (χ1v) is 12.9. The maximum Gasteiger partial charge on any atom is 0.248 e. The number of carbonyl (C=O) groups is 1. The zero-order valence-electron chi connectivity index (χ0n) is 19.4. The number of pyridine rings is 1. The number of carbonyl (C=O) groups excluding carboxylic acids is 1. The van der Waals surface area contributed by atoms with Crippen molar-refractivity contribution in [1.29, 1.82) is 0 Å². The molecule has 1 aliphatic rings. The Morgan fingerprint density at radius 1 is 1.09 bits per heavy atom. The molecule has 0 bridgehead atoms. The molecule has 1 aromatic heterocycles. The number of aromatic nitrogens is 1. The second-order valence-corrected chi connectivity index (χ2v) is 10.5. The number of hydrogen-bond acceptors (Lipinski definition) is 5. The minimum absolute atomic E-state index is 0.141. The largest absolute Gasteiger partial charge is 0.489 e. The summed E-state index contributed by atoms with van der Waals surface area (Å²) in [5, 5.41) is 3.78. The van der Waals surface area contributed by atoms with E-state index in [1.165, 1.54) is 22.5 Å². The molecule has 4 rings (SSSR count). The standard InChI is InChI=1S/C26H29N3O4S/c1-19(2)33-24-13-12-22(34(31,32)29-16-4-3-5-17-29)18-23(24)28-25(30)14-11-21-9-6-8-20-10-7-15-27-26(20)21/h6-15,18-19H,3-5,16-17H2,1-2H3,(H,28,30)/b14-11+. The van der Waals surface area contributed by atoms with Crippen molar-refractivity contribution in [3.05, 3.63) is 66.4 Å². The molecule has 0 spiro atoms. The lowest BCUT2D eigenvalue weighted by Gasteiger charge is -2.26. The molecule has 0 aliphatic carbocycles. The van der Waals surface area contributed by atoms with Crippen LogP contribution < -0.4 is 10.1 Å². The molecule has 1 aliphatic heterocycles. The van der Waals surface area contributed by atoms with Crippen LogP contribution in [0.2, 0.25) is 0 Å². The molecule has 3 aromatic rings. The Balaban J connectivity index is 1.60. The SMILES string of the molecule is CC(C)Oc1ccc(S(=O)(=O)N2CCCCC2)cc1NC(=O)/C=C/c1cccc2cccnc12. The third-order valence-electron chi connectivity index (χ3n) is 5.60. The van der Waals surface area contributed by atoms with Gasteiger partial charge >= 0.3 is 0 Å². The molecule has 2 aromatic carbocycles. The average molecular weight is 480 g/mol. The lowest BCUT2D eigenvalue weighted by atomic mass is 10.1. The van der Waals surface area contributed by atoms with Crippen LogP contribution in [-0.4, -0.2) is 42.8 Å². The Morgan fingerprint density at radius 2 is 1.85 bits per heavy atom. The summed E-state index contributed by atoms with van der Waals surface area (Å²) in [7, 11) is -3.64. The van der Waals surface area contributed by atoms with Gasteiger partial charge in [-0.2, -0.15) is 4.31 Å². The number of anilines is 1. The van der Waals surface area contributed by atoms with E-state index in [2.05, 4.69) is 10.3 Å². The summed E-state index contributed by atoms with van der Waals surface area (Å²) in [4.78, 5) is 17.3. The number of piperidine rings is 1. The second kappa shape index (κ2) is 10.4. The molecular formula is C26H29N3O4S. The van der Waals surface area contributed by atoms with Crippen molar-refractivity contribution in [2.45, 2.75) is 44.1 Å². The molecule has 2 heterocycles. The van der Waals surface area contributed by atoms with Gasteiger partial charge < -0.3 is 10.1 Å². The van der Waals surface area contributed by atoms with Crippen molar-refractivity contribution in [2.75, 3.05) is 18.4 Å². The van der Waals surface area contributed by atoms with Gasteiger partial charge in [0.25, 0.3) is 0 Å².